The maximum absolute atomic E-state index is 14.3. The number of H-pyrrole nitrogens is 2. The molecule has 11 heteroatoms. The number of nitrogens with zero attached hydrogens (tertiary/aromatic N) is 5. The lowest BCUT2D eigenvalue weighted by molar-refractivity contribution is -0.119. The highest BCUT2D eigenvalue weighted by atomic mass is 19.1. The molecule has 0 unspecified atom stereocenters. The predicted molar refractivity (Wildman–Crippen MR) is 153 cm³/mol. The number of benzene rings is 1. The zero-order valence-electron chi connectivity index (χ0n) is 22.1. The maximum atomic E-state index is 14.3. The van der Waals surface area contributed by atoms with Gasteiger partial charge in [-0.15, -0.1) is 0 Å². The summed E-state index contributed by atoms with van der Waals surface area (Å²) in [6.45, 7) is 0. The van der Waals surface area contributed by atoms with E-state index in [2.05, 4.69) is 35.5 Å². The lowest BCUT2D eigenvalue weighted by Crippen LogP contribution is -2.20. The van der Waals surface area contributed by atoms with Crippen LogP contribution in [0.5, 0.6) is 5.75 Å². The number of carbonyl (C=O) groups excluding carboxylic acids is 1. The second kappa shape index (κ2) is 10.1. The van der Waals surface area contributed by atoms with Gasteiger partial charge >= 0.3 is 0 Å². The van der Waals surface area contributed by atoms with E-state index in [4.69, 9.17) is 9.72 Å². The van der Waals surface area contributed by atoms with Crippen molar-refractivity contribution in [2.45, 2.75) is 25.7 Å². The third-order valence-corrected chi connectivity index (χ3v) is 7.52. The number of halogens is 1. The minimum absolute atomic E-state index is 0.0432. The number of pyridine rings is 3. The number of nitrogens with one attached hydrogen (secondary N) is 3. The second-order valence-electron chi connectivity index (χ2n) is 10.1. The van der Waals surface area contributed by atoms with Gasteiger partial charge in [0.25, 0.3) is 0 Å². The Bertz CT molecular complexity index is 1930. The largest absolute Gasteiger partial charge is 0.497 e. The Hall–Kier alpha value is -5.19. The van der Waals surface area contributed by atoms with Crippen molar-refractivity contribution in [1.82, 2.24) is 35.1 Å². The Morgan fingerprint density at radius 2 is 1.85 bits per heavy atom. The zero-order chi connectivity index (χ0) is 27.9. The molecule has 204 valence electrons. The number of ether oxygens (including phenoxy) is 1. The van der Waals surface area contributed by atoms with Gasteiger partial charge in [-0.3, -0.25) is 14.9 Å². The molecule has 1 amide bonds. The van der Waals surface area contributed by atoms with Crippen molar-refractivity contribution >= 4 is 33.8 Å². The quantitative estimate of drug-likeness (QED) is 0.236. The van der Waals surface area contributed by atoms with E-state index < -0.39 is 5.82 Å². The van der Waals surface area contributed by atoms with E-state index in [0.717, 1.165) is 47.8 Å². The number of aromatic nitrogens is 7. The summed E-state index contributed by atoms with van der Waals surface area (Å²) in [5.74, 6) is 0.632. The average Bonchev–Trinajstić information content (AvgIpc) is 3.76. The lowest BCUT2D eigenvalue weighted by atomic mass is 10.1. The molecule has 41 heavy (non-hydrogen) atoms. The van der Waals surface area contributed by atoms with Crippen LogP contribution in [-0.2, 0) is 4.79 Å². The highest BCUT2D eigenvalue weighted by Gasteiger charge is 2.23. The van der Waals surface area contributed by atoms with Gasteiger partial charge in [0.2, 0.25) is 5.91 Å². The summed E-state index contributed by atoms with van der Waals surface area (Å²) in [6, 6.07) is 10.2. The van der Waals surface area contributed by atoms with Crippen LogP contribution in [0, 0.1) is 11.7 Å². The molecule has 3 N–H and O–H groups in total. The Morgan fingerprint density at radius 1 is 1.00 bits per heavy atom. The van der Waals surface area contributed by atoms with Crippen LogP contribution >= 0.6 is 0 Å². The van der Waals surface area contributed by atoms with E-state index in [9.17, 15) is 9.18 Å². The summed E-state index contributed by atoms with van der Waals surface area (Å²) in [5.41, 5.74) is 5.92. The Kier molecular flexibility index (Phi) is 6.11. The van der Waals surface area contributed by atoms with Crippen LogP contribution < -0.4 is 10.1 Å². The first kappa shape index (κ1) is 24.8. The number of anilines is 1. The minimum atomic E-state index is -0.404. The molecule has 6 aromatic rings. The van der Waals surface area contributed by atoms with Crippen LogP contribution in [0.1, 0.15) is 25.7 Å². The average molecular weight is 549 g/mol. The molecule has 0 saturated heterocycles. The van der Waals surface area contributed by atoms with Crippen LogP contribution in [-0.4, -0.2) is 48.1 Å². The van der Waals surface area contributed by atoms with Gasteiger partial charge in [0, 0.05) is 47.3 Å². The molecule has 0 spiro atoms. The number of hydrogen-bond acceptors (Lipinski definition) is 7. The molecule has 1 aliphatic carbocycles. The normalized spacial score (nSPS) is 13.7. The third-order valence-electron chi connectivity index (χ3n) is 7.52. The molecule has 10 nitrogen and oxygen atoms in total. The van der Waals surface area contributed by atoms with Gasteiger partial charge in [0.15, 0.2) is 17.1 Å². The first-order chi connectivity index (χ1) is 20.1. The SMILES string of the molecule is COc1cc(F)cc(-c2ccnc3nc(-c4[nH]nc5ncc(-c6cncc(NC(=O)C7CCCC7)c6)cc45)[nH]c23)c1. The van der Waals surface area contributed by atoms with Crippen molar-refractivity contribution in [2.24, 2.45) is 5.92 Å². The Balaban J connectivity index is 1.25. The molecule has 0 radical (unpaired) electrons. The fourth-order valence-electron chi connectivity index (χ4n) is 5.44. The number of amides is 1. The highest BCUT2D eigenvalue weighted by Crippen LogP contribution is 2.34. The molecule has 5 heterocycles. The van der Waals surface area contributed by atoms with E-state index in [0.29, 0.717) is 45.3 Å². The number of aromatic amines is 2. The Labute approximate surface area is 233 Å². The van der Waals surface area contributed by atoms with Crippen molar-refractivity contribution in [3.05, 3.63) is 67.0 Å². The standard InChI is InChI=1S/C30H25FN8O2/c1-41-22-10-17(8-20(31)12-22)23-6-7-33-28-25(23)36-29(37-28)26-24-11-19(14-34-27(24)39-38-26)18-9-21(15-32-13-18)35-30(40)16-4-2-3-5-16/h6-16H,2-5H2,1H3,(H,35,40)(H,33,36,37)(H,34,38,39). The molecular weight excluding hydrogens is 523 g/mol. The van der Waals surface area contributed by atoms with E-state index in [-0.39, 0.29) is 11.8 Å². The van der Waals surface area contributed by atoms with Crippen molar-refractivity contribution in [3.8, 4) is 39.5 Å². The van der Waals surface area contributed by atoms with E-state index >= 15 is 0 Å². The number of methoxy groups -OCH3 is 1. The van der Waals surface area contributed by atoms with E-state index in [1.807, 2.05) is 12.1 Å². The summed E-state index contributed by atoms with van der Waals surface area (Å²) in [5, 5.41) is 11.2. The van der Waals surface area contributed by atoms with Crippen molar-refractivity contribution in [3.63, 3.8) is 0 Å². The highest BCUT2D eigenvalue weighted by molar-refractivity contribution is 5.97. The summed E-state index contributed by atoms with van der Waals surface area (Å²) in [4.78, 5) is 34.0. The monoisotopic (exact) mass is 548 g/mol. The summed E-state index contributed by atoms with van der Waals surface area (Å²) >= 11 is 0. The fourth-order valence-corrected chi connectivity index (χ4v) is 5.44. The van der Waals surface area contributed by atoms with Crippen molar-refractivity contribution in [1.29, 1.82) is 0 Å². The topological polar surface area (TPSA) is 134 Å². The molecule has 1 saturated carbocycles. The van der Waals surface area contributed by atoms with Gasteiger partial charge in [0.05, 0.1) is 29.9 Å². The number of fused-ring (bicyclic) bond motifs is 2. The van der Waals surface area contributed by atoms with Crippen molar-refractivity contribution < 1.29 is 13.9 Å². The number of hydrogen-bond donors (Lipinski definition) is 3. The number of imidazole rings is 1. The molecule has 0 aliphatic heterocycles. The summed E-state index contributed by atoms with van der Waals surface area (Å²) in [6.07, 6.45) is 10.8. The van der Waals surface area contributed by atoms with Gasteiger partial charge < -0.3 is 15.0 Å². The number of carbonyl (C=O) groups is 1. The van der Waals surface area contributed by atoms with Gasteiger partial charge in [-0.1, -0.05) is 12.8 Å². The van der Waals surface area contributed by atoms with E-state index in [1.54, 1.807) is 36.9 Å². The first-order valence-electron chi connectivity index (χ1n) is 13.4. The maximum Gasteiger partial charge on any atom is 0.227 e. The lowest BCUT2D eigenvalue weighted by Gasteiger charge is -2.11. The fraction of sp³-hybridized carbons (Fsp3) is 0.200. The van der Waals surface area contributed by atoms with Crippen LogP contribution in [0.4, 0.5) is 10.1 Å². The van der Waals surface area contributed by atoms with Crippen molar-refractivity contribution in [2.75, 3.05) is 12.4 Å². The molecule has 0 atom stereocenters. The number of rotatable bonds is 6. The van der Waals surface area contributed by atoms with Gasteiger partial charge in [-0.25, -0.2) is 19.3 Å². The van der Waals surface area contributed by atoms with Crippen LogP contribution in [0.3, 0.4) is 0 Å². The molecular formula is C30H25FN8O2. The molecule has 1 aliphatic rings. The minimum Gasteiger partial charge on any atom is -0.497 e. The molecule has 1 fully saturated rings. The van der Waals surface area contributed by atoms with E-state index in [1.165, 1.54) is 19.2 Å². The zero-order valence-corrected chi connectivity index (χ0v) is 22.1. The summed E-state index contributed by atoms with van der Waals surface area (Å²) < 4.78 is 19.5. The third kappa shape index (κ3) is 4.65. The van der Waals surface area contributed by atoms with Gasteiger partial charge in [-0.05, 0) is 48.7 Å². The van der Waals surface area contributed by atoms with Crippen LogP contribution in [0.25, 0.3) is 56.0 Å². The summed E-state index contributed by atoms with van der Waals surface area (Å²) in [7, 11) is 1.50. The van der Waals surface area contributed by atoms with Gasteiger partial charge in [0.1, 0.15) is 17.3 Å². The smallest absolute Gasteiger partial charge is 0.227 e. The molecule has 1 aromatic carbocycles. The molecule has 7 rings (SSSR count). The first-order valence-corrected chi connectivity index (χ1v) is 13.4. The molecule has 5 aromatic heterocycles. The second-order valence-corrected chi connectivity index (χ2v) is 10.1. The van der Waals surface area contributed by atoms with Crippen LogP contribution in [0.15, 0.2) is 61.2 Å². The molecule has 0 bridgehead atoms. The van der Waals surface area contributed by atoms with Gasteiger partial charge in [-0.2, -0.15) is 5.10 Å². The Morgan fingerprint density at radius 3 is 2.71 bits per heavy atom. The van der Waals surface area contributed by atoms with Crippen LogP contribution in [0.2, 0.25) is 0 Å². The predicted octanol–water partition coefficient (Wildman–Crippen LogP) is 5.90.